The van der Waals surface area contributed by atoms with Crippen LogP contribution in [-0.4, -0.2) is 0 Å². The predicted molar refractivity (Wildman–Crippen MR) is 57.6 cm³/mol. The van der Waals surface area contributed by atoms with Crippen molar-refractivity contribution in [3.05, 3.63) is 0 Å². The van der Waals surface area contributed by atoms with E-state index in [0.717, 1.165) is 29.6 Å². The maximum atomic E-state index is 2.49. The van der Waals surface area contributed by atoms with Crippen molar-refractivity contribution >= 4 is 0 Å². The molecule has 2 aliphatic carbocycles. The van der Waals surface area contributed by atoms with Gasteiger partial charge in [0.1, 0.15) is 0 Å². The Kier molecular flexibility index (Phi) is 2.67. The highest BCUT2D eigenvalue weighted by Gasteiger charge is 2.37. The topological polar surface area (TPSA) is 0 Å². The normalized spacial score (nSPS) is 51.5. The third-order valence-corrected chi connectivity index (χ3v) is 4.86. The first kappa shape index (κ1) is 9.55. The fourth-order valence-electron chi connectivity index (χ4n) is 3.68. The summed E-state index contributed by atoms with van der Waals surface area (Å²) in [6.07, 6.45) is 7.58. The van der Waals surface area contributed by atoms with E-state index in [1.54, 1.807) is 0 Å². The number of hydrogen-bond acceptors (Lipinski definition) is 0. The lowest BCUT2D eigenvalue weighted by molar-refractivity contribution is 0.0554. The Bertz CT molecular complexity index is 173. The molecule has 0 heterocycles. The summed E-state index contributed by atoms with van der Waals surface area (Å²) in [4.78, 5) is 0. The van der Waals surface area contributed by atoms with E-state index < -0.39 is 0 Å². The minimum absolute atomic E-state index is 0.988. The SMILES string of the molecule is CC1CC2CCCC(C)C2CC1C. The molecule has 2 fully saturated rings. The summed E-state index contributed by atoms with van der Waals surface area (Å²) in [6.45, 7) is 7.40. The van der Waals surface area contributed by atoms with Crippen LogP contribution in [0.2, 0.25) is 0 Å². The van der Waals surface area contributed by atoms with E-state index in [2.05, 4.69) is 20.8 Å². The summed E-state index contributed by atoms with van der Waals surface area (Å²) in [5.74, 6) is 5.18. The van der Waals surface area contributed by atoms with Gasteiger partial charge < -0.3 is 0 Å². The maximum Gasteiger partial charge on any atom is -0.0357 e. The zero-order valence-corrected chi connectivity index (χ0v) is 9.42. The average Bonchev–Trinajstić information content (AvgIpc) is 2.09. The van der Waals surface area contributed by atoms with Gasteiger partial charge in [-0.15, -0.1) is 0 Å². The molecule has 0 spiro atoms. The van der Waals surface area contributed by atoms with E-state index in [4.69, 9.17) is 0 Å². The number of fused-ring (bicyclic) bond motifs is 1. The molecule has 0 amide bonds. The first-order valence-corrected chi connectivity index (χ1v) is 6.18. The molecular weight excluding hydrogens is 156 g/mol. The molecule has 76 valence electrons. The largest absolute Gasteiger partial charge is 0.0622 e. The van der Waals surface area contributed by atoms with Gasteiger partial charge in [-0.3, -0.25) is 0 Å². The molecule has 0 aromatic heterocycles. The van der Waals surface area contributed by atoms with Gasteiger partial charge in [-0.05, 0) is 42.4 Å². The standard InChI is InChI=1S/C13H24/c1-9-5-4-6-12-7-10(2)11(3)8-13(9)12/h9-13H,4-8H2,1-3H3. The van der Waals surface area contributed by atoms with Crippen molar-refractivity contribution in [3.8, 4) is 0 Å². The number of hydrogen-bond donors (Lipinski definition) is 0. The summed E-state index contributed by atoms with van der Waals surface area (Å²) in [6, 6.07) is 0. The van der Waals surface area contributed by atoms with Gasteiger partial charge in [0.15, 0.2) is 0 Å². The summed E-state index contributed by atoms with van der Waals surface area (Å²) in [7, 11) is 0. The van der Waals surface area contributed by atoms with Crippen LogP contribution in [0.4, 0.5) is 0 Å². The second-order valence-electron chi connectivity index (χ2n) is 5.76. The molecule has 0 saturated heterocycles. The van der Waals surface area contributed by atoms with Crippen molar-refractivity contribution in [2.75, 3.05) is 0 Å². The highest BCUT2D eigenvalue weighted by Crippen LogP contribution is 2.47. The summed E-state index contributed by atoms with van der Waals surface area (Å²) in [5.41, 5.74) is 0. The fourth-order valence-corrected chi connectivity index (χ4v) is 3.68. The van der Waals surface area contributed by atoms with Crippen molar-refractivity contribution < 1.29 is 0 Å². The molecule has 13 heavy (non-hydrogen) atoms. The number of rotatable bonds is 0. The molecule has 0 radical (unpaired) electrons. The minimum atomic E-state index is 0.988. The van der Waals surface area contributed by atoms with Gasteiger partial charge in [-0.2, -0.15) is 0 Å². The van der Waals surface area contributed by atoms with Crippen molar-refractivity contribution in [1.82, 2.24) is 0 Å². The van der Waals surface area contributed by atoms with Crippen molar-refractivity contribution in [3.63, 3.8) is 0 Å². The van der Waals surface area contributed by atoms with Crippen LogP contribution in [0.3, 0.4) is 0 Å². The van der Waals surface area contributed by atoms with E-state index in [-0.39, 0.29) is 0 Å². The molecule has 0 nitrogen and oxygen atoms in total. The second-order valence-corrected chi connectivity index (χ2v) is 5.76. The van der Waals surface area contributed by atoms with Gasteiger partial charge in [0.25, 0.3) is 0 Å². The van der Waals surface area contributed by atoms with Gasteiger partial charge in [0, 0.05) is 0 Å². The molecule has 2 rings (SSSR count). The summed E-state index contributed by atoms with van der Waals surface area (Å²) >= 11 is 0. The van der Waals surface area contributed by atoms with Gasteiger partial charge in [0.05, 0.1) is 0 Å². The Labute approximate surface area is 83.1 Å². The second kappa shape index (κ2) is 3.63. The molecule has 0 heteroatoms. The lowest BCUT2D eigenvalue weighted by Crippen LogP contribution is -2.35. The monoisotopic (exact) mass is 180 g/mol. The minimum Gasteiger partial charge on any atom is -0.0622 e. The first-order chi connectivity index (χ1) is 6.18. The third kappa shape index (κ3) is 1.78. The zero-order chi connectivity index (χ0) is 9.42. The lowest BCUT2D eigenvalue weighted by Gasteiger charge is -2.45. The highest BCUT2D eigenvalue weighted by atomic mass is 14.4. The van der Waals surface area contributed by atoms with E-state index in [1.807, 2.05) is 0 Å². The Balaban J connectivity index is 2.04. The highest BCUT2D eigenvalue weighted by molar-refractivity contribution is 4.87. The van der Waals surface area contributed by atoms with Crippen LogP contribution in [0.1, 0.15) is 52.9 Å². The van der Waals surface area contributed by atoms with Crippen LogP contribution in [0.15, 0.2) is 0 Å². The van der Waals surface area contributed by atoms with Crippen molar-refractivity contribution in [2.24, 2.45) is 29.6 Å². The summed E-state index contributed by atoms with van der Waals surface area (Å²) in [5, 5.41) is 0. The predicted octanol–water partition coefficient (Wildman–Crippen LogP) is 4.10. The van der Waals surface area contributed by atoms with Gasteiger partial charge in [0.2, 0.25) is 0 Å². The van der Waals surface area contributed by atoms with Crippen LogP contribution in [0.5, 0.6) is 0 Å². The van der Waals surface area contributed by atoms with Crippen LogP contribution in [-0.2, 0) is 0 Å². The molecule has 0 aromatic carbocycles. The van der Waals surface area contributed by atoms with Crippen LogP contribution in [0.25, 0.3) is 0 Å². The Hall–Kier alpha value is 0. The molecule has 0 N–H and O–H groups in total. The third-order valence-electron chi connectivity index (χ3n) is 4.86. The van der Waals surface area contributed by atoms with E-state index in [0.29, 0.717) is 0 Å². The lowest BCUT2D eigenvalue weighted by atomic mass is 9.61. The molecule has 5 atom stereocenters. The molecule has 0 bridgehead atoms. The van der Waals surface area contributed by atoms with Crippen LogP contribution in [0, 0.1) is 29.6 Å². The molecule has 2 saturated carbocycles. The smallest absolute Gasteiger partial charge is 0.0357 e. The van der Waals surface area contributed by atoms with Crippen LogP contribution < -0.4 is 0 Å². The van der Waals surface area contributed by atoms with Crippen molar-refractivity contribution in [1.29, 1.82) is 0 Å². The molecular formula is C13H24. The Morgan fingerprint density at radius 1 is 0.769 bits per heavy atom. The van der Waals surface area contributed by atoms with E-state index >= 15 is 0 Å². The molecule has 0 aromatic rings. The Morgan fingerprint density at radius 3 is 2.23 bits per heavy atom. The van der Waals surface area contributed by atoms with Crippen LogP contribution >= 0.6 is 0 Å². The molecule has 2 aliphatic rings. The average molecular weight is 180 g/mol. The van der Waals surface area contributed by atoms with E-state index in [1.165, 1.54) is 32.1 Å². The van der Waals surface area contributed by atoms with Gasteiger partial charge in [-0.1, -0.05) is 40.0 Å². The van der Waals surface area contributed by atoms with E-state index in [9.17, 15) is 0 Å². The summed E-state index contributed by atoms with van der Waals surface area (Å²) < 4.78 is 0. The Morgan fingerprint density at radius 2 is 1.46 bits per heavy atom. The maximum absolute atomic E-state index is 2.49. The quantitative estimate of drug-likeness (QED) is 0.526. The molecule has 0 aliphatic heterocycles. The van der Waals surface area contributed by atoms with Gasteiger partial charge in [-0.25, -0.2) is 0 Å². The van der Waals surface area contributed by atoms with Gasteiger partial charge >= 0.3 is 0 Å². The zero-order valence-electron chi connectivity index (χ0n) is 9.42. The van der Waals surface area contributed by atoms with Crippen molar-refractivity contribution in [2.45, 2.75) is 52.9 Å². The molecule has 5 unspecified atom stereocenters. The first-order valence-electron chi connectivity index (χ1n) is 6.18. The fraction of sp³-hybridized carbons (Fsp3) is 1.00.